The average Bonchev–Trinajstić information content (AvgIpc) is 3.29. The summed E-state index contributed by atoms with van der Waals surface area (Å²) in [6.07, 6.45) is -3.35. The molecule has 1 aromatic heterocycles. The molecular weight excluding hydrogens is 671 g/mol. The number of hydrogen-bond acceptors (Lipinski definition) is 8. The lowest BCUT2D eigenvalue weighted by molar-refractivity contribution is -0.192. The van der Waals surface area contributed by atoms with Gasteiger partial charge in [-0.1, -0.05) is 25.8 Å². The Morgan fingerprint density at radius 3 is 2.05 bits per heavy atom. The number of benzene rings is 2. The molecule has 0 aliphatic rings. The Bertz CT molecular complexity index is 1650. The maximum absolute atomic E-state index is 14.3. The molecular formula is C21H17BrF3N3O7S4. The van der Waals surface area contributed by atoms with Crippen LogP contribution in [0.4, 0.5) is 13.2 Å². The quantitative estimate of drug-likeness (QED) is 0.148. The molecule has 1 unspecified atom stereocenters. The third-order valence-corrected chi connectivity index (χ3v) is 11.7. The van der Waals surface area contributed by atoms with Crippen LogP contribution >= 0.6 is 39.0 Å². The van der Waals surface area contributed by atoms with Gasteiger partial charge in [0.05, 0.1) is 29.3 Å². The Hall–Kier alpha value is -2.93. The molecule has 2 aromatic carbocycles. The number of alkyl halides is 3. The van der Waals surface area contributed by atoms with Gasteiger partial charge in [0.15, 0.2) is 0 Å². The Labute approximate surface area is 236 Å². The summed E-state index contributed by atoms with van der Waals surface area (Å²) in [5.74, 6) is -4.20. The first-order valence-corrected chi connectivity index (χ1v) is 15.7. The first-order valence-electron chi connectivity index (χ1n) is 9.87. The van der Waals surface area contributed by atoms with Gasteiger partial charge in [-0.25, -0.2) is 13.8 Å². The molecule has 0 aliphatic carbocycles. The van der Waals surface area contributed by atoms with Crippen molar-refractivity contribution in [1.82, 2.24) is 0 Å². The van der Waals surface area contributed by atoms with Crippen molar-refractivity contribution in [3.05, 3.63) is 69.5 Å². The van der Waals surface area contributed by atoms with E-state index in [4.69, 9.17) is 26.2 Å². The van der Waals surface area contributed by atoms with Gasteiger partial charge < -0.3 is 15.9 Å². The summed E-state index contributed by atoms with van der Waals surface area (Å²) in [5, 5.41) is 23.9. The Balaban J connectivity index is 0.000000673. The number of amidine groups is 1. The minimum absolute atomic E-state index is 0.0923. The number of nitrogen functional groups attached to an aromatic ring is 1. The molecule has 0 saturated heterocycles. The molecule has 1 heterocycles. The maximum atomic E-state index is 14.3. The zero-order valence-corrected chi connectivity index (χ0v) is 24.2. The number of carboxylic acids is 2. The minimum Gasteiger partial charge on any atom is -0.478 e. The van der Waals surface area contributed by atoms with Gasteiger partial charge in [0.2, 0.25) is 0 Å². The van der Waals surface area contributed by atoms with Crippen LogP contribution in [0.25, 0.3) is 0 Å². The molecule has 39 heavy (non-hydrogen) atoms. The number of thioether (sulfide) groups is 1. The minimum atomic E-state index is -5.08. The Kier molecular flexibility index (Phi) is 10.3. The Morgan fingerprint density at radius 1 is 1.05 bits per heavy atom. The number of nitrogens with one attached hydrogen (secondary N) is 1. The first kappa shape index (κ1) is 32.3. The molecule has 18 heteroatoms. The fourth-order valence-corrected chi connectivity index (χ4v) is 9.71. The van der Waals surface area contributed by atoms with E-state index in [9.17, 15) is 30.6 Å². The predicted octanol–water partition coefficient (Wildman–Crippen LogP) is 5.12. The number of sulfonamides is 1. The summed E-state index contributed by atoms with van der Waals surface area (Å²) in [7, 11) is -8.18. The van der Waals surface area contributed by atoms with E-state index in [0.29, 0.717) is 13.6 Å². The highest BCUT2D eigenvalue weighted by molar-refractivity contribution is 9.10. The number of aromatic carboxylic acids is 1. The number of halogens is 4. The van der Waals surface area contributed by atoms with Gasteiger partial charge in [-0.2, -0.15) is 21.6 Å². The van der Waals surface area contributed by atoms with E-state index in [1.54, 1.807) is 18.4 Å². The highest BCUT2D eigenvalue weighted by atomic mass is 79.9. The number of rotatable bonds is 7. The molecule has 0 aliphatic heterocycles. The second-order valence-corrected chi connectivity index (χ2v) is 14.1. The lowest BCUT2D eigenvalue weighted by atomic mass is 10.2. The maximum Gasteiger partial charge on any atom is 0.490 e. The van der Waals surface area contributed by atoms with Crippen LogP contribution in [0.3, 0.4) is 0 Å². The van der Waals surface area contributed by atoms with Crippen LogP contribution in [0.5, 0.6) is 0 Å². The fraction of sp³-hybridized carbons (Fsp3) is 0.0952. The monoisotopic (exact) mass is 687 g/mol. The highest BCUT2D eigenvalue weighted by Gasteiger charge is 2.38. The van der Waals surface area contributed by atoms with Crippen molar-refractivity contribution in [1.29, 1.82) is 5.41 Å². The molecule has 1 atom stereocenters. The van der Waals surface area contributed by atoms with E-state index in [0.717, 1.165) is 35.6 Å². The van der Waals surface area contributed by atoms with E-state index in [2.05, 4.69) is 19.7 Å². The van der Waals surface area contributed by atoms with E-state index >= 15 is 0 Å². The summed E-state index contributed by atoms with van der Waals surface area (Å²) in [6, 6.07) is 12.2. The predicted molar refractivity (Wildman–Crippen MR) is 143 cm³/mol. The van der Waals surface area contributed by atoms with Crippen LogP contribution in [0.2, 0.25) is 0 Å². The van der Waals surface area contributed by atoms with Gasteiger partial charge in [-0.05, 0) is 54.8 Å². The van der Waals surface area contributed by atoms with E-state index in [1.165, 1.54) is 30.0 Å². The fourth-order valence-electron chi connectivity index (χ4n) is 2.63. The summed E-state index contributed by atoms with van der Waals surface area (Å²) < 4.78 is 77.3. The molecule has 0 amide bonds. The molecule has 0 fully saturated rings. The van der Waals surface area contributed by atoms with Crippen molar-refractivity contribution in [2.45, 2.75) is 25.1 Å². The number of aliphatic carboxylic acids is 1. The van der Waals surface area contributed by atoms with Crippen molar-refractivity contribution >= 4 is 76.6 Å². The summed E-state index contributed by atoms with van der Waals surface area (Å²) in [4.78, 5) is 20.3. The smallest absolute Gasteiger partial charge is 0.478 e. The number of hydrogen-bond donors (Lipinski definition) is 4. The van der Waals surface area contributed by atoms with Crippen molar-refractivity contribution in [2.24, 2.45) is 9.50 Å². The molecule has 0 saturated carbocycles. The molecule has 3 aromatic rings. The van der Waals surface area contributed by atoms with Gasteiger partial charge in [0.1, 0.15) is 15.6 Å². The second kappa shape index (κ2) is 12.5. The zero-order chi connectivity index (χ0) is 29.8. The summed E-state index contributed by atoms with van der Waals surface area (Å²) in [5.41, 5.74) is 5.51. The summed E-state index contributed by atoms with van der Waals surface area (Å²) in [6.45, 7) is 0. The van der Waals surface area contributed by atoms with Crippen LogP contribution in [0.1, 0.15) is 15.2 Å². The van der Waals surface area contributed by atoms with Crippen LogP contribution < -0.4 is 5.73 Å². The zero-order valence-electron chi connectivity index (χ0n) is 19.3. The molecule has 0 spiro atoms. The largest absolute Gasteiger partial charge is 0.490 e. The molecule has 210 valence electrons. The van der Waals surface area contributed by atoms with Crippen LogP contribution in [-0.2, 0) is 24.5 Å². The average molecular weight is 689 g/mol. The topological polar surface area (TPSA) is 188 Å². The number of thiophene rings is 1. The van der Waals surface area contributed by atoms with Crippen LogP contribution in [0.15, 0.2) is 81.7 Å². The van der Waals surface area contributed by atoms with E-state index < -0.39 is 37.9 Å². The van der Waals surface area contributed by atoms with Crippen LogP contribution in [-0.4, -0.2) is 53.0 Å². The van der Waals surface area contributed by atoms with E-state index in [-0.39, 0.29) is 26.1 Å². The standard InChI is InChI=1S/C19H16BrN3O5S4.C2HF3O2/c1-29-19-16(10-15(30-19)17(21)22)31(26,14-4-2-3-12(20)9-14)23-32(27,28)13-7-5-11(6-8-13)18(24)25;3-2(4,5)1(6)7/h2-10H,1H3,(H3,21,22)(H,24,25);(H,6,7). The van der Waals surface area contributed by atoms with Gasteiger partial charge in [-0.15, -0.1) is 23.1 Å². The van der Waals surface area contributed by atoms with Crippen LogP contribution in [0, 0.1) is 5.41 Å². The van der Waals surface area contributed by atoms with E-state index in [1.807, 2.05) is 0 Å². The van der Waals surface area contributed by atoms with Gasteiger partial charge in [0.25, 0.3) is 10.0 Å². The summed E-state index contributed by atoms with van der Waals surface area (Å²) >= 11 is 5.67. The first-order chi connectivity index (χ1) is 17.9. The van der Waals surface area contributed by atoms with Crippen molar-refractivity contribution in [2.75, 3.05) is 6.26 Å². The third-order valence-electron chi connectivity index (χ3n) is 4.38. The molecule has 5 N–H and O–H groups in total. The SMILES string of the molecule is CSc1sc(C(=N)N)cc1S(=O)(=NS(=O)(=O)c1ccc(C(=O)O)cc1)c1cccc(Br)c1.O=C(O)C(F)(F)F. The lowest BCUT2D eigenvalue weighted by Crippen LogP contribution is -2.21. The molecule has 3 rings (SSSR count). The molecule has 0 bridgehead atoms. The number of nitrogens with two attached hydrogens (primary N) is 1. The molecule has 0 radical (unpaired) electrons. The Morgan fingerprint density at radius 2 is 1.62 bits per heavy atom. The highest BCUT2D eigenvalue weighted by Crippen LogP contribution is 2.39. The van der Waals surface area contributed by atoms with Gasteiger partial charge >= 0.3 is 18.1 Å². The third kappa shape index (κ3) is 8.04. The molecule has 10 nitrogen and oxygen atoms in total. The van der Waals surface area contributed by atoms with Crippen molar-refractivity contribution in [3.63, 3.8) is 0 Å². The normalized spacial score (nSPS) is 12.9. The number of nitrogens with zero attached hydrogens (tertiary/aromatic N) is 1. The lowest BCUT2D eigenvalue weighted by Gasteiger charge is -2.12. The van der Waals surface area contributed by atoms with Gasteiger partial charge in [0, 0.05) is 4.47 Å². The van der Waals surface area contributed by atoms with Crippen molar-refractivity contribution in [3.8, 4) is 0 Å². The number of carbonyl (C=O) groups is 2. The second-order valence-electron chi connectivity index (χ2n) is 7.05. The van der Waals surface area contributed by atoms with Gasteiger partial charge in [-0.3, -0.25) is 5.41 Å². The van der Waals surface area contributed by atoms with Crippen molar-refractivity contribution < 1.29 is 45.6 Å². The number of carboxylic acid groups (broad SMARTS) is 2.